The van der Waals surface area contributed by atoms with Crippen molar-refractivity contribution in [3.05, 3.63) is 23.3 Å². The van der Waals surface area contributed by atoms with Crippen molar-refractivity contribution in [3.8, 4) is 0 Å². The molecule has 6 atom stereocenters. The van der Waals surface area contributed by atoms with Crippen LogP contribution in [0.25, 0.3) is 0 Å². The maximum atomic E-state index is 10.1. The molecule has 0 amide bonds. The van der Waals surface area contributed by atoms with E-state index in [2.05, 4.69) is 26.0 Å². The van der Waals surface area contributed by atoms with Crippen LogP contribution in [0.1, 0.15) is 65.2 Å². The number of hydrogen-bond donors (Lipinski definition) is 2. The summed E-state index contributed by atoms with van der Waals surface area (Å²) in [6.07, 6.45) is 13.9. The van der Waals surface area contributed by atoms with E-state index in [4.69, 9.17) is 0 Å². The van der Waals surface area contributed by atoms with Crippen LogP contribution in [0, 0.1) is 28.6 Å². The van der Waals surface area contributed by atoms with Crippen molar-refractivity contribution in [2.75, 3.05) is 6.61 Å². The Bertz CT molecular complexity index is 548. The zero-order chi connectivity index (χ0) is 16.2. The topological polar surface area (TPSA) is 40.5 Å². The zero-order valence-electron chi connectivity index (χ0n) is 14.7. The molecule has 3 saturated carbocycles. The third-order valence-corrected chi connectivity index (χ3v) is 8.26. The molecule has 0 aromatic heterocycles. The van der Waals surface area contributed by atoms with Gasteiger partial charge in [-0.25, -0.2) is 0 Å². The molecule has 4 rings (SSSR count). The molecule has 128 valence electrons. The number of allylic oxidation sites excluding steroid dienone is 2. The van der Waals surface area contributed by atoms with Gasteiger partial charge in [-0.2, -0.15) is 0 Å². The number of fused-ring (bicyclic) bond motifs is 5. The first-order valence-corrected chi connectivity index (χ1v) is 9.67. The fourth-order valence-electron chi connectivity index (χ4n) is 6.94. The van der Waals surface area contributed by atoms with E-state index in [1.54, 1.807) is 5.57 Å². The lowest BCUT2D eigenvalue weighted by Gasteiger charge is -2.57. The molecule has 0 aliphatic heterocycles. The van der Waals surface area contributed by atoms with Crippen LogP contribution in [0.5, 0.6) is 0 Å². The van der Waals surface area contributed by atoms with E-state index >= 15 is 0 Å². The average molecular weight is 316 g/mol. The number of aliphatic hydroxyl groups excluding tert-OH is 2. The van der Waals surface area contributed by atoms with Crippen LogP contribution in [0.2, 0.25) is 0 Å². The highest BCUT2D eigenvalue weighted by molar-refractivity contribution is 5.29. The monoisotopic (exact) mass is 316 g/mol. The second kappa shape index (κ2) is 5.46. The standard InChI is InChI=1S/C21H32O2/c1-20-11-8-19-17(18(20)6-4-14(20)9-12-22)5-3-15-13-16(23)7-10-21(15,19)2/h3,9,16-19,22-23H,4-8,10-13H2,1-2H3/b14-9-. The van der Waals surface area contributed by atoms with Crippen LogP contribution in [-0.2, 0) is 0 Å². The molecule has 4 aliphatic rings. The van der Waals surface area contributed by atoms with Crippen molar-refractivity contribution in [1.82, 2.24) is 0 Å². The predicted octanol–water partition coefficient (Wildman–Crippen LogP) is 4.23. The van der Waals surface area contributed by atoms with Gasteiger partial charge in [-0.3, -0.25) is 0 Å². The largest absolute Gasteiger partial charge is 0.393 e. The van der Waals surface area contributed by atoms with Gasteiger partial charge in [-0.15, -0.1) is 0 Å². The fraction of sp³-hybridized carbons (Fsp3) is 0.810. The Morgan fingerprint density at radius 3 is 2.65 bits per heavy atom. The average Bonchev–Trinajstić information content (AvgIpc) is 2.85. The third kappa shape index (κ3) is 2.21. The van der Waals surface area contributed by atoms with E-state index < -0.39 is 0 Å². The van der Waals surface area contributed by atoms with Crippen LogP contribution in [0.15, 0.2) is 23.3 Å². The SMILES string of the molecule is CC12CCC(O)CC1=CCC1C2CCC2(C)/C(=C\CO)CCC12. The molecule has 0 aromatic carbocycles. The molecular weight excluding hydrogens is 284 g/mol. The molecule has 0 spiro atoms. The summed E-state index contributed by atoms with van der Waals surface area (Å²) in [5.41, 5.74) is 3.76. The van der Waals surface area contributed by atoms with Crippen LogP contribution >= 0.6 is 0 Å². The maximum absolute atomic E-state index is 10.1. The van der Waals surface area contributed by atoms with Gasteiger partial charge in [0.25, 0.3) is 0 Å². The Hall–Kier alpha value is -0.600. The fourth-order valence-corrected chi connectivity index (χ4v) is 6.94. The van der Waals surface area contributed by atoms with E-state index in [1.165, 1.54) is 44.1 Å². The predicted molar refractivity (Wildman–Crippen MR) is 92.9 cm³/mol. The van der Waals surface area contributed by atoms with E-state index in [0.29, 0.717) is 10.8 Å². The van der Waals surface area contributed by atoms with Gasteiger partial charge in [0.1, 0.15) is 0 Å². The molecule has 4 aliphatic carbocycles. The van der Waals surface area contributed by atoms with Gasteiger partial charge in [-0.05, 0) is 80.0 Å². The van der Waals surface area contributed by atoms with Gasteiger partial charge in [-0.1, -0.05) is 37.1 Å². The highest BCUT2D eigenvalue weighted by Crippen LogP contribution is 2.66. The summed E-state index contributed by atoms with van der Waals surface area (Å²) in [4.78, 5) is 0. The van der Waals surface area contributed by atoms with Crippen molar-refractivity contribution in [3.63, 3.8) is 0 Å². The van der Waals surface area contributed by atoms with Crippen molar-refractivity contribution in [1.29, 1.82) is 0 Å². The molecule has 0 aromatic rings. The highest BCUT2D eigenvalue weighted by atomic mass is 16.3. The summed E-state index contributed by atoms with van der Waals surface area (Å²) in [6.45, 7) is 5.16. The number of hydrogen-bond acceptors (Lipinski definition) is 2. The molecular formula is C21H32O2. The maximum Gasteiger partial charge on any atom is 0.0615 e. The molecule has 0 radical (unpaired) electrons. The molecule has 0 bridgehead atoms. The van der Waals surface area contributed by atoms with Crippen LogP contribution < -0.4 is 0 Å². The lowest BCUT2D eigenvalue weighted by Crippen LogP contribution is -2.49. The minimum atomic E-state index is -0.106. The van der Waals surface area contributed by atoms with Gasteiger partial charge < -0.3 is 10.2 Å². The molecule has 0 saturated heterocycles. The Morgan fingerprint density at radius 2 is 1.87 bits per heavy atom. The lowest BCUT2D eigenvalue weighted by molar-refractivity contribution is -0.0269. The minimum Gasteiger partial charge on any atom is -0.393 e. The number of aliphatic hydroxyl groups is 2. The summed E-state index contributed by atoms with van der Waals surface area (Å²) < 4.78 is 0. The first-order valence-electron chi connectivity index (χ1n) is 9.67. The summed E-state index contributed by atoms with van der Waals surface area (Å²) in [6, 6.07) is 0. The van der Waals surface area contributed by atoms with Crippen molar-refractivity contribution in [2.24, 2.45) is 28.6 Å². The third-order valence-electron chi connectivity index (χ3n) is 8.26. The summed E-state index contributed by atoms with van der Waals surface area (Å²) in [5, 5.41) is 19.4. The van der Waals surface area contributed by atoms with E-state index in [1.807, 2.05) is 0 Å². The van der Waals surface area contributed by atoms with Gasteiger partial charge in [0.2, 0.25) is 0 Å². The zero-order valence-corrected chi connectivity index (χ0v) is 14.7. The molecule has 3 fully saturated rings. The van der Waals surface area contributed by atoms with E-state index in [9.17, 15) is 10.2 Å². The Labute approximate surface area is 140 Å². The van der Waals surface area contributed by atoms with Gasteiger partial charge in [0, 0.05) is 0 Å². The minimum absolute atomic E-state index is 0.106. The Kier molecular flexibility index (Phi) is 3.77. The second-order valence-electron chi connectivity index (χ2n) is 9.06. The molecule has 2 N–H and O–H groups in total. The van der Waals surface area contributed by atoms with Crippen molar-refractivity contribution in [2.45, 2.75) is 71.3 Å². The Balaban J connectivity index is 1.66. The molecule has 2 nitrogen and oxygen atoms in total. The number of rotatable bonds is 1. The molecule has 23 heavy (non-hydrogen) atoms. The van der Waals surface area contributed by atoms with E-state index in [0.717, 1.165) is 30.6 Å². The van der Waals surface area contributed by atoms with Crippen LogP contribution in [-0.4, -0.2) is 22.9 Å². The van der Waals surface area contributed by atoms with Crippen LogP contribution in [0.3, 0.4) is 0 Å². The molecule has 6 unspecified atom stereocenters. The second-order valence-corrected chi connectivity index (χ2v) is 9.06. The van der Waals surface area contributed by atoms with E-state index in [-0.39, 0.29) is 12.7 Å². The summed E-state index contributed by atoms with van der Waals surface area (Å²) in [7, 11) is 0. The van der Waals surface area contributed by atoms with Gasteiger partial charge >= 0.3 is 0 Å². The van der Waals surface area contributed by atoms with Gasteiger partial charge in [0.15, 0.2) is 0 Å². The first-order chi connectivity index (χ1) is 11.0. The van der Waals surface area contributed by atoms with Crippen molar-refractivity contribution >= 4 is 0 Å². The highest BCUT2D eigenvalue weighted by Gasteiger charge is 2.56. The first kappa shape index (κ1) is 15.9. The summed E-state index contributed by atoms with van der Waals surface area (Å²) >= 11 is 0. The Morgan fingerprint density at radius 1 is 1.13 bits per heavy atom. The normalized spacial score (nSPS) is 51.0. The molecule has 2 heteroatoms. The van der Waals surface area contributed by atoms with Crippen molar-refractivity contribution < 1.29 is 10.2 Å². The quantitative estimate of drug-likeness (QED) is 0.711. The molecule has 0 heterocycles. The van der Waals surface area contributed by atoms with Gasteiger partial charge in [0.05, 0.1) is 12.7 Å². The van der Waals surface area contributed by atoms with Crippen LogP contribution in [0.4, 0.5) is 0 Å². The smallest absolute Gasteiger partial charge is 0.0615 e. The summed E-state index contributed by atoms with van der Waals surface area (Å²) in [5.74, 6) is 2.41. The lowest BCUT2D eigenvalue weighted by atomic mass is 9.48.